The minimum Gasteiger partial charge on any atom is -0.542 e. The molecule has 0 aliphatic rings. The third kappa shape index (κ3) is 3.19. The Kier molecular flexibility index (Phi) is 3.64. The highest BCUT2D eigenvalue weighted by Crippen LogP contribution is 1.96. The summed E-state index contributed by atoms with van der Waals surface area (Å²) in [6.07, 6.45) is -0.830. The molecular weight excluding hydrogens is 136 g/mol. The SMILES string of the molecule is CC[C@H](O)CC(=O)C(=O)[O-]. The maximum absolute atomic E-state index is 10.3. The van der Waals surface area contributed by atoms with Crippen molar-refractivity contribution >= 4 is 11.8 Å². The van der Waals surface area contributed by atoms with E-state index in [4.69, 9.17) is 5.11 Å². The largest absolute Gasteiger partial charge is 0.542 e. The van der Waals surface area contributed by atoms with Gasteiger partial charge >= 0.3 is 0 Å². The van der Waals surface area contributed by atoms with Gasteiger partial charge in [0.1, 0.15) is 5.97 Å². The lowest BCUT2D eigenvalue weighted by atomic mass is 10.1. The number of hydrogen-bond donors (Lipinski definition) is 1. The van der Waals surface area contributed by atoms with Gasteiger partial charge in [0, 0.05) is 6.42 Å². The Morgan fingerprint density at radius 1 is 1.60 bits per heavy atom. The summed E-state index contributed by atoms with van der Waals surface area (Å²) < 4.78 is 0. The van der Waals surface area contributed by atoms with E-state index in [0.717, 1.165) is 0 Å². The molecular formula is C6H9O4-. The third-order valence-corrected chi connectivity index (χ3v) is 1.12. The molecule has 10 heavy (non-hydrogen) atoms. The van der Waals surface area contributed by atoms with Crippen molar-refractivity contribution in [2.75, 3.05) is 0 Å². The first kappa shape index (κ1) is 9.10. The number of aliphatic carboxylic acids is 1. The van der Waals surface area contributed by atoms with Gasteiger partial charge in [-0.2, -0.15) is 0 Å². The normalized spacial score (nSPS) is 12.6. The molecule has 0 rings (SSSR count). The molecule has 0 aliphatic heterocycles. The van der Waals surface area contributed by atoms with Crippen LogP contribution in [0, 0.1) is 0 Å². The van der Waals surface area contributed by atoms with Crippen molar-refractivity contribution in [3.05, 3.63) is 0 Å². The maximum atomic E-state index is 10.3. The highest BCUT2D eigenvalue weighted by Gasteiger charge is 2.08. The first-order valence-corrected chi connectivity index (χ1v) is 3.00. The number of carboxylic acids is 1. The van der Waals surface area contributed by atoms with Crippen LogP contribution in [0.3, 0.4) is 0 Å². The van der Waals surface area contributed by atoms with E-state index in [1.165, 1.54) is 0 Å². The first-order chi connectivity index (χ1) is 4.57. The van der Waals surface area contributed by atoms with Crippen LogP contribution in [0.25, 0.3) is 0 Å². The molecule has 0 amide bonds. The molecule has 0 unspecified atom stereocenters. The Morgan fingerprint density at radius 3 is 2.40 bits per heavy atom. The maximum Gasteiger partial charge on any atom is 0.180 e. The van der Waals surface area contributed by atoms with Gasteiger partial charge in [0.25, 0.3) is 0 Å². The fourth-order valence-electron chi connectivity index (χ4n) is 0.442. The number of Topliss-reactive ketones (excluding diaryl/α,β-unsaturated/α-hetero) is 1. The Hall–Kier alpha value is -0.900. The van der Waals surface area contributed by atoms with Crippen LogP contribution in [0.1, 0.15) is 19.8 Å². The summed E-state index contributed by atoms with van der Waals surface area (Å²) in [4.78, 5) is 20.1. The molecule has 4 heteroatoms. The lowest BCUT2D eigenvalue weighted by molar-refractivity contribution is -0.300. The van der Waals surface area contributed by atoms with E-state index in [1.54, 1.807) is 6.92 Å². The Balaban J connectivity index is 3.68. The van der Waals surface area contributed by atoms with Crippen molar-refractivity contribution < 1.29 is 19.8 Å². The molecule has 0 saturated heterocycles. The molecule has 58 valence electrons. The van der Waals surface area contributed by atoms with Gasteiger partial charge in [0.05, 0.1) is 6.10 Å². The zero-order chi connectivity index (χ0) is 8.15. The average molecular weight is 145 g/mol. The minimum absolute atomic E-state index is 0.348. The molecule has 0 radical (unpaired) electrons. The number of rotatable bonds is 4. The van der Waals surface area contributed by atoms with Gasteiger partial charge in [-0.15, -0.1) is 0 Å². The lowest BCUT2D eigenvalue weighted by Crippen LogP contribution is -2.33. The fourth-order valence-corrected chi connectivity index (χ4v) is 0.442. The average Bonchev–Trinajstić information content (AvgIpc) is 1.87. The summed E-state index contributed by atoms with van der Waals surface area (Å²) in [5.41, 5.74) is 0. The van der Waals surface area contributed by atoms with Crippen molar-refractivity contribution in [2.45, 2.75) is 25.9 Å². The van der Waals surface area contributed by atoms with E-state index < -0.39 is 17.9 Å². The lowest BCUT2D eigenvalue weighted by Gasteiger charge is -2.05. The number of carboxylic acid groups (broad SMARTS) is 1. The summed E-state index contributed by atoms with van der Waals surface area (Å²) in [5.74, 6) is -2.78. The number of aliphatic hydroxyl groups excluding tert-OH is 1. The molecule has 0 heterocycles. The van der Waals surface area contributed by atoms with Gasteiger partial charge in [0.15, 0.2) is 5.78 Å². The van der Waals surface area contributed by atoms with Gasteiger partial charge in [-0.1, -0.05) is 6.92 Å². The number of carbonyl (C=O) groups is 2. The van der Waals surface area contributed by atoms with E-state index in [1.807, 2.05) is 0 Å². The van der Waals surface area contributed by atoms with Crippen LogP contribution in [0.4, 0.5) is 0 Å². The predicted molar refractivity (Wildman–Crippen MR) is 30.9 cm³/mol. The molecule has 0 aliphatic carbocycles. The molecule has 0 spiro atoms. The third-order valence-electron chi connectivity index (χ3n) is 1.12. The number of ketones is 1. The molecule has 0 saturated carbocycles. The second-order valence-electron chi connectivity index (χ2n) is 1.98. The van der Waals surface area contributed by atoms with Crippen molar-refractivity contribution in [1.82, 2.24) is 0 Å². The quantitative estimate of drug-likeness (QED) is 0.486. The summed E-state index contributed by atoms with van der Waals surface area (Å²) in [5, 5.41) is 18.5. The molecule has 4 nitrogen and oxygen atoms in total. The van der Waals surface area contributed by atoms with Gasteiger partial charge in [-0.25, -0.2) is 0 Å². The van der Waals surface area contributed by atoms with Gasteiger partial charge in [0.2, 0.25) is 0 Å². The highest BCUT2D eigenvalue weighted by molar-refractivity contribution is 6.31. The minimum atomic E-state index is -1.73. The van der Waals surface area contributed by atoms with E-state index in [2.05, 4.69) is 0 Å². The van der Waals surface area contributed by atoms with Crippen LogP contribution >= 0.6 is 0 Å². The Labute approximate surface area is 58.5 Å². The van der Waals surface area contributed by atoms with Crippen molar-refractivity contribution in [3.8, 4) is 0 Å². The van der Waals surface area contributed by atoms with Crippen LogP contribution in [0.15, 0.2) is 0 Å². The van der Waals surface area contributed by atoms with Crippen molar-refractivity contribution in [1.29, 1.82) is 0 Å². The summed E-state index contributed by atoms with van der Waals surface area (Å²) >= 11 is 0. The van der Waals surface area contributed by atoms with E-state index in [9.17, 15) is 14.7 Å². The van der Waals surface area contributed by atoms with Crippen LogP contribution in [0.5, 0.6) is 0 Å². The number of hydrogen-bond acceptors (Lipinski definition) is 4. The summed E-state index contributed by atoms with van der Waals surface area (Å²) in [7, 11) is 0. The van der Waals surface area contributed by atoms with Gasteiger partial charge in [-0.05, 0) is 6.42 Å². The number of aliphatic hydroxyl groups is 1. The zero-order valence-electron chi connectivity index (χ0n) is 5.66. The predicted octanol–water partition coefficient (Wildman–Crippen LogP) is -1.53. The molecule has 0 bridgehead atoms. The van der Waals surface area contributed by atoms with Crippen LogP contribution in [-0.2, 0) is 9.59 Å². The molecule has 1 N–H and O–H groups in total. The van der Waals surface area contributed by atoms with E-state index >= 15 is 0 Å². The van der Waals surface area contributed by atoms with Gasteiger partial charge < -0.3 is 15.0 Å². The van der Waals surface area contributed by atoms with Crippen molar-refractivity contribution in [3.63, 3.8) is 0 Å². The molecule has 0 aromatic rings. The topological polar surface area (TPSA) is 77.4 Å². The van der Waals surface area contributed by atoms with Crippen molar-refractivity contribution in [2.24, 2.45) is 0 Å². The molecule has 0 aromatic carbocycles. The van der Waals surface area contributed by atoms with Crippen LogP contribution in [0.2, 0.25) is 0 Å². The summed E-state index contributed by atoms with van der Waals surface area (Å²) in [6, 6.07) is 0. The van der Waals surface area contributed by atoms with E-state index in [0.29, 0.717) is 6.42 Å². The van der Waals surface area contributed by atoms with E-state index in [-0.39, 0.29) is 6.42 Å². The molecule has 0 fully saturated rings. The smallest absolute Gasteiger partial charge is 0.180 e. The Morgan fingerprint density at radius 2 is 2.10 bits per heavy atom. The Bertz CT molecular complexity index is 141. The van der Waals surface area contributed by atoms with Crippen LogP contribution < -0.4 is 5.11 Å². The zero-order valence-corrected chi connectivity index (χ0v) is 5.66. The standard InChI is InChI=1S/C6H10O4/c1-2-4(7)3-5(8)6(9)10/h4,7H,2-3H2,1H3,(H,9,10)/p-1/t4-/m0/s1. The highest BCUT2D eigenvalue weighted by atomic mass is 16.4. The molecule has 0 aromatic heterocycles. The summed E-state index contributed by atoms with van der Waals surface area (Å²) in [6.45, 7) is 1.66. The van der Waals surface area contributed by atoms with Crippen LogP contribution in [-0.4, -0.2) is 23.0 Å². The monoisotopic (exact) mass is 145 g/mol. The van der Waals surface area contributed by atoms with Gasteiger partial charge in [-0.3, -0.25) is 4.79 Å². The fraction of sp³-hybridized carbons (Fsp3) is 0.667. The molecule has 1 atom stereocenters. The first-order valence-electron chi connectivity index (χ1n) is 3.00. The second kappa shape index (κ2) is 4.00. The number of carbonyl (C=O) groups excluding carboxylic acids is 2. The second-order valence-corrected chi connectivity index (χ2v) is 1.98.